The second-order valence-electron chi connectivity index (χ2n) is 3.67. The van der Waals surface area contributed by atoms with Gasteiger partial charge in [0.15, 0.2) is 5.69 Å². The number of rotatable bonds is 4. The van der Waals surface area contributed by atoms with Crippen LogP contribution in [0.15, 0.2) is 59.7 Å². The van der Waals surface area contributed by atoms with Gasteiger partial charge in [-0.15, -0.1) is 0 Å². The van der Waals surface area contributed by atoms with Crippen LogP contribution in [0.1, 0.15) is 5.56 Å². The third-order valence-electron chi connectivity index (χ3n) is 2.31. The van der Waals surface area contributed by atoms with E-state index in [-0.39, 0.29) is 5.69 Å². The van der Waals surface area contributed by atoms with E-state index in [1.165, 1.54) is 0 Å². The summed E-state index contributed by atoms with van der Waals surface area (Å²) in [5.74, 6) is 0. The Morgan fingerprint density at radius 3 is 2.61 bits per heavy atom. The molecule has 0 aliphatic carbocycles. The topological polar surface area (TPSA) is 72.1 Å². The SMILES string of the molecule is [O-][NH+](O)c1cccc(C=NNc2ccccc2)c1. The van der Waals surface area contributed by atoms with Crippen molar-refractivity contribution in [2.75, 3.05) is 5.43 Å². The van der Waals surface area contributed by atoms with Crippen LogP contribution in [0, 0.1) is 5.21 Å². The van der Waals surface area contributed by atoms with Crippen LogP contribution < -0.4 is 10.7 Å². The lowest BCUT2D eigenvalue weighted by atomic mass is 10.2. The summed E-state index contributed by atoms with van der Waals surface area (Å²) in [5, 5.41) is 22.7. The first-order valence-electron chi connectivity index (χ1n) is 5.43. The molecule has 5 nitrogen and oxygen atoms in total. The Balaban J connectivity index is 2.03. The number of nitrogens with zero attached hydrogens (tertiary/aromatic N) is 1. The summed E-state index contributed by atoms with van der Waals surface area (Å²) in [6, 6.07) is 16.1. The predicted molar refractivity (Wildman–Crippen MR) is 69.9 cm³/mol. The van der Waals surface area contributed by atoms with E-state index in [0.717, 1.165) is 11.3 Å². The molecule has 0 heterocycles. The normalized spacial score (nSPS) is 12.6. The molecule has 1 atom stereocenters. The highest BCUT2D eigenvalue weighted by atomic mass is 16.8. The highest BCUT2D eigenvalue weighted by Gasteiger charge is 1.99. The molecule has 2 rings (SSSR count). The van der Waals surface area contributed by atoms with E-state index in [1.54, 1.807) is 30.5 Å². The van der Waals surface area contributed by atoms with Crippen LogP contribution in [0.4, 0.5) is 11.4 Å². The molecule has 0 fully saturated rings. The molecule has 5 heteroatoms. The fraction of sp³-hybridized carbons (Fsp3) is 0. The van der Waals surface area contributed by atoms with Crippen LogP contribution in [0.3, 0.4) is 0 Å². The van der Waals surface area contributed by atoms with Gasteiger partial charge in [0.2, 0.25) is 0 Å². The van der Waals surface area contributed by atoms with Gasteiger partial charge in [-0.05, 0) is 12.1 Å². The molecule has 0 radical (unpaired) electrons. The van der Waals surface area contributed by atoms with Gasteiger partial charge < -0.3 is 5.21 Å². The zero-order valence-electron chi connectivity index (χ0n) is 9.58. The molecule has 3 N–H and O–H groups in total. The minimum atomic E-state index is -0.943. The van der Waals surface area contributed by atoms with Crippen molar-refractivity contribution >= 4 is 17.6 Å². The summed E-state index contributed by atoms with van der Waals surface area (Å²) in [5.41, 5.74) is 4.73. The van der Waals surface area contributed by atoms with Crippen LogP contribution in [0.2, 0.25) is 0 Å². The molecule has 2 aromatic rings. The fourth-order valence-corrected chi connectivity index (χ4v) is 1.45. The molecule has 0 amide bonds. The Bertz CT molecular complexity index is 527. The molecule has 18 heavy (non-hydrogen) atoms. The Morgan fingerprint density at radius 2 is 1.89 bits per heavy atom. The number of benzene rings is 2. The highest BCUT2D eigenvalue weighted by Crippen LogP contribution is 2.06. The number of hydrazone groups is 1. The first-order valence-corrected chi connectivity index (χ1v) is 5.43. The molecule has 0 saturated carbocycles. The molecular formula is C13H13N3O2. The van der Waals surface area contributed by atoms with E-state index in [2.05, 4.69) is 10.5 Å². The summed E-state index contributed by atoms with van der Waals surface area (Å²) < 4.78 is 0. The Morgan fingerprint density at radius 1 is 1.11 bits per heavy atom. The van der Waals surface area contributed by atoms with E-state index in [0.29, 0.717) is 0 Å². The van der Waals surface area contributed by atoms with Crippen LogP contribution in [0.25, 0.3) is 0 Å². The fourth-order valence-electron chi connectivity index (χ4n) is 1.45. The summed E-state index contributed by atoms with van der Waals surface area (Å²) in [7, 11) is 0. The lowest BCUT2D eigenvalue weighted by Gasteiger charge is -2.11. The number of nitrogens with one attached hydrogen (secondary N) is 2. The molecular weight excluding hydrogens is 230 g/mol. The average molecular weight is 243 g/mol. The first kappa shape index (κ1) is 12.3. The molecule has 0 aliphatic heterocycles. The van der Waals surface area contributed by atoms with E-state index in [1.807, 2.05) is 30.3 Å². The maximum Gasteiger partial charge on any atom is 0.164 e. The summed E-state index contributed by atoms with van der Waals surface area (Å²) >= 11 is 0. The van der Waals surface area contributed by atoms with E-state index >= 15 is 0 Å². The van der Waals surface area contributed by atoms with Crippen molar-refractivity contribution in [3.8, 4) is 0 Å². The van der Waals surface area contributed by atoms with Gasteiger partial charge in [0, 0.05) is 17.7 Å². The second-order valence-corrected chi connectivity index (χ2v) is 3.67. The van der Waals surface area contributed by atoms with Gasteiger partial charge >= 0.3 is 0 Å². The molecule has 0 saturated heterocycles. The average Bonchev–Trinajstić information content (AvgIpc) is 2.40. The summed E-state index contributed by atoms with van der Waals surface area (Å²) in [6.07, 6.45) is 1.58. The van der Waals surface area contributed by atoms with Gasteiger partial charge in [0.1, 0.15) is 0 Å². The number of anilines is 1. The second kappa shape index (κ2) is 5.92. The Kier molecular flexibility index (Phi) is 4.03. The van der Waals surface area contributed by atoms with Crippen LogP contribution in [-0.4, -0.2) is 11.4 Å². The molecule has 0 spiro atoms. The smallest absolute Gasteiger partial charge is 0.164 e. The number of hydrogen-bond donors (Lipinski definition) is 3. The molecule has 0 aromatic heterocycles. The molecule has 0 aliphatic rings. The van der Waals surface area contributed by atoms with Gasteiger partial charge in [0.05, 0.1) is 11.9 Å². The number of para-hydroxylation sites is 1. The lowest BCUT2D eigenvalue weighted by Crippen LogP contribution is -2.99. The van der Waals surface area contributed by atoms with Crippen LogP contribution in [-0.2, 0) is 0 Å². The van der Waals surface area contributed by atoms with Crippen LogP contribution in [0.5, 0.6) is 0 Å². The monoisotopic (exact) mass is 243 g/mol. The molecule has 1 unspecified atom stereocenters. The third-order valence-corrected chi connectivity index (χ3v) is 2.31. The molecule has 2 aromatic carbocycles. The van der Waals surface area contributed by atoms with Gasteiger partial charge in [-0.1, -0.05) is 30.3 Å². The van der Waals surface area contributed by atoms with Gasteiger partial charge in [-0.3, -0.25) is 5.43 Å². The third kappa shape index (κ3) is 3.39. The number of quaternary nitrogens is 1. The highest BCUT2D eigenvalue weighted by molar-refractivity contribution is 5.81. The predicted octanol–water partition coefficient (Wildman–Crippen LogP) is 1.54. The van der Waals surface area contributed by atoms with E-state index < -0.39 is 5.23 Å². The number of hydrogen-bond acceptors (Lipinski definition) is 4. The zero-order chi connectivity index (χ0) is 12.8. The Hall–Kier alpha value is -2.21. The van der Waals surface area contributed by atoms with Crippen molar-refractivity contribution in [3.63, 3.8) is 0 Å². The van der Waals surface area contributed by atoms with Gasteiger partial charge in [-0.2, -0.15) is 10.3 Å². The Labute approximate surface area is 105 Å². The lowest BCUT2D eigenvalue weighted by molar-refractivity contribution is -0.991. The van der Waals surface area contributed by atoms with Crippen molar-refractivity contribution in [2.45, 2.75) is 0 Å². The van der Waals surface area contributed by atoms with Crippen molar-refractivity contribution in [3.05, 3.63) is 65.4 Å². The minimum Gasteiger partial charge on any atom is -0.595 e. The van der Waals surface area contributed by atoms with Crippen molar-refractivity contribution in [1.29, 1.82) is 0 Å². The van der Waals surface area contributed by atoms with E-state index in [4.69, 9.17) is 5.21 Å². The van der Waals surface area contributed by atoms with E-state index in [9.17, 15) is 5.21 Å². The summed E-state index contributed by atoms with van der Waals surface area (Å²) in [4.78, 5) is 0. The largest absolute Gasteiger partial charge is 0.595 e. The maximum atomic E-state index is 10.8. The minimum absolute atomic E-state index is 0.249. The quantitative estimate of drug-likeness (QED) is 0.563. The molecule has 92 valence electrons. The van der Waals surface area contributed by atoms with Crippen molar-refractivity contribution < 1.29 is 10.4 Å². The van der Waals surface area contributed by atoms with Gasteiger partial charge in [-0.25, -0.2) is 5.21 Å². The first-order chi connectivity index (χ1) is 8.75. The van der Waals surface area contributed by atoms with Gasteiger partial charge in [0.25, 0.3) is 0 Å². The van der Waals surface area contributed by atoms with Crippen LogP contribution >= 0.6 is 0 Å². The van der Waals surface area contributed by atoms with Crippen molar-refractivity contribution in [1.82, 2.24) is 0 Å². The zero-order valence-corrected chi connectivity index (χ0v) is 9.58. The maximum absolute atomic E-state index is 10.8. The summed E-state index contributed by atoms with van der Waals surface area (Å²) in [6.45, 7) is 0. The molecule has 0 bridgehead atoms. The van der Waals surface area contributed by atoms with Crippen molar-refractivity contribution in [2.24, 2.45) is 5.10 Å². The standard InChI is InChI=1S/C13H13N3O2/c17-16(18)13-8-4-5-11(9-13)10-14-15-12-6-2-1-3-7-12/h1-10,15-17H.